The van der Waals surface area contributed by atoms with Crippen LogP contribution in [-0.2, 0) is 15.6 Å². The minimum atomic E-state index is -3.82. The third kappa shape index (κ3) is 2.75. The fourth-order valence-corrected chi connectivity index (χ4v) is 5.10. The number of anilines is 1. The minimum Gasteiger partial charge on any atom is -0.504 e. The largest absolute Gasteiger partial charge is 0.504 e. The molecule has 0 spiro atoms. The minimum absolute atomic E-state index is 0.0885. The van der Waals surface area contributed by atoms with Gasteiger partial charge >= 0.3 is 0 Å². The second kappa shape index (κ2) is 6.27. The average molecular weight is 385 g/mol. The number of hydrogen-bond donors (Lipinski definition) is 2. The van der Waals surface area contributed by atoms with E-state index in [0.29, 0.717) is 17.8 Å². The van der Waals surface area contributed by atoms with Crippen LogP contribution in [0.25, 0.3) is 10.7 Å². The third-order valence-corrected chi connectivity index (χ3v) is 6.09. The molecule has 1 aliphatic heterocycles. The molecule has 1 aliphatic rings. The summed E-state index contributed by atoms with van der Waals surface area (Å²) >= 11 is 12.6. The zero-order valence-electron chi connectivity index (χ0n) is 12.7. The van der Waals surface area contributed by atoms with Crippen LogP contribution in [-0.4, -0.2) is 25.1 Å². The molecule has 0 fully saturated rings. The average Bonchev–Trinajstić information content (AvgIpc) is 2.53. The number of nitrogens with zero attached hydrogens (tertiary/aromatic N) is 1. The lowest BCUT2D eigenvalue weighted by atomic mass is 10.1. The van der Waals surface area contributed by atoms with Crippen LogP contribution >= 0.6 is 23.2 Å². The van der Waals surface area contributed by atoms with Gasteiger partial charge in [-0.05, 0) is 30.7 Å². The van der Waals surface area contributed by atoms with Crippen molar-refractivity contribution >= 4 is 49.4 Å². The first-order valence-corrected chi connectivity index (χ1v) is 9.60. The van der Waals surface area contributed by atoms with Gasteiger partial charge in [-0.2, -0.15) is 0 Å². The zero-order valence-corrected chi connectivity index (χ0v) is 15.0. The van der Waals surface area contributed by atoms with E-state index in [1.54, 1.807) is 24.3 Å². The van der Waals surface area contributed by atoms with E-state index in [0.717, 1.165) is 0 Å². The van der Waals surface area contributed by atoms with Gasteiger partial charge in [0.2, 0.25) is 0 Å². The topological polar surface area (TPSA) is 79.3 Å². The monoisotopic (exact) mass is 384 g/mol. The fourth-order valence-electron chi connectivity index (χ4n) is 2.66. The number of halogens is 2. The van der Waals surface area contributed by atoms with E-state index >= 15 is 0 Å². The Morgan fingerprint density at radius 1 is 1.29 bits per heavy atom. The number of nitrogens with one attached hydrogen (secondary N) is 1. The zero-order chi connectivity index (χ0) is 17.5. The van der Waals surface area contributed by atoms with Gasteiger partial charge in [-0.15, -0.1) is 0 Å². The lowest BCUT2D eigenvalue weighted by Crippen LogP contribution is -2.17. The van der Waals surface area contributed by atoms with Gasteiger partial charge in [0, 0.05) is 18.3 Å². The van der Waals surface area contributed by atoms with Crippen LogP contribution in [0.5, 0.6) is 0 Å². The molecule has 0 radical (unpaired) electrons. The molecule has 0 bridgehead atoms. The number of aliphatic hydroxyl groups excluding tert-OH is 1. The van der Waals surface area contributed by atoms with Crippen LogP contribution in [0.1, 0.15) is 23.7 Å². The van der Waals surface area contributed by atoms with Gasteiger partial charge in [0.05, 0.1) is 21.5 Å². The number of sulfone groups is 1. The Balaban J connectivity index is 2.34. The summed E-state index contributed by atoms with van der Waals surface area (Å²) in [5.41, 5.74) is 1.30. The van der Waals surface area contributed by atoms with Gasteiger partial charge in [-0.3, -0.25) is 4.98 Å². The molecular weight excluding hydrogens is 371 g/mol. The number of pyridine rings is 1. The van der Waals surface area contributed by atoms with Crippen LogP contribution in [0.4, 0.5) is 5.69 Å². The first-order valence-electron chi connectivity index (χ1n) is 7.19. The molecule has 126 valence electrons. The molecule has 5 nitrogen and oxygen atoms in total. The number of aliphatic hydroxyl groups is 1. The lowest BCUT2D eigenvalue weighted by molar-refractivity contribution is 0.508. The molecule has 0 atom stereocenters. The molecular formula is C16H14Cl2N2O3S. The third-order valence-electron chi connectivity index (χ3n) is 3.67. The first kappa shape index (κ1) is 17.1. The Morgan fingerprint density at radius 3 is 2.75 bits per heavy atom. The smallest absolute Gasteiger partial charge is 0.187 e. The van der Waals surface area contributed by atoms with E-state index in [4.69, 9.17) is 23.2 Å². The summed E-state index contributed by atoms with van der Waals surface area (Å²) in [5.74, 6) is -0.706. The normalized spacial score (nSPS) is 16.0. The summed E-state index contributed by atoms with van der Waals surface area (Å²) in [4.78, 5) is 3.80. The van der Waals surface area contributed by atoms with Crippen LogP contribution in [0.2, 0.25) is 10.0 Å². The quantitative estimate of drug-likeness (QED) is 0.831. The van der Waals surface area contributed by atoms with E-state index in [1.165, 1.54) is 6.20 Å². The molecule has 8 heteroatoms. The Bertz CT molecular complexity index is 956. The second-order valence-corrected chi connectivity index (χ2v) is 7.97. The second-order valence-electron chi connectivity index (χ2n) is 5.26. The van der Waals surface area contributed by atoms with Crippen molar-refractivity contribution in [3.05, 3.63) is 57.3 Å². The lowest BCUT2D eigenvalue weighted by Gasteiger charge is -2.21. The van der Waals surface area contributed by atoms with Crippen LogP contribution in [0.3, 0.4) is 0 Å². The highest BCUT2D eigenvalue weighted by Gasteiger charge is 2.35. The predicted molar refractivity (Wildman–Crippen MR) is 96.9 cm³/mol. The predicted octanol–water partition coefficient (Wildman–Crippen LogP) is 4.13. The van der Waals surface area contributed by atoms with Crippen molar-refractivity contribution in [2.24, 2.45) is 0 Å². The van der Waals surface area contributed by atoms with Crippen LogP contribution in [0.15, 0.2) is 30.5 Å². The van der Waals surface area contributed by atoms with Crippen LogP contribution in [0, 0.1) is 0 Å². The molecule has 0 unspecified atom stereocenters. The molecule has 2 N–H and O–H groups in total. The molecule has 0 saturated heterocycles. The SMILES string of the molecule is CCNc1ccc(Cl)c(C2=C(O)c3ncccc3CS2(=O)=O)c1Cl. The van der Waals surface area contributed by atoms with Crippen molar-refractivity contribution in [1.29, 1.82) is 0 Å². The molecule has 0 amide bonds. The molecule has 0 aliphatic carbocycles. The Morgan fingerprint density at radius 2 is 2.04 bits per heavy atom. The van der Waals surface area contributed by atoms with Gasteiger partial charge in [0.1, 0.15) is 10.6 Å². The Kier molecular flexibility index (Phi) is 4.46. The number of aromatic nitrogens is 1. The maximum atomic E-state index is 12.7. The van der Waals surface area contributed by atoms with Crippen molar-refractivity contribution < 1.29 is 13.5 Å². The highest BCUT2D eigenvalue weighted by atomic mass is 35.5. The number of rotatable bonds is 3. The molecule has 3 rings (SSSR count). The highest BCUT2D eigenvalue weighted by molar-refractivity contribution is 8.00. The van der Waals surface area contributed by atoms with Gasteiger partial charge in [-0.25, -0.2) is 8.42 Å². The molecule has 0 saturated carbocycles. The molecule has 1 aromatic carbocycles. The van der Waals surface area contributed by atoms with E-state index < -0.39 is 15.6 Å². The van der Waals surface area contributed by atoms with Gasteiger partial charge in [0.25, 0.3) is 0 Å². The van der Waals surface area contributed by atoms with Gasteiger partial charge < -0.3 is 10.4 Å². The Hall–Kier alpha value is -1.76. The number of benzene rings is 1. The van der Waals surface area contributed by atoms with Crippen molar-refractivity contribution in [1.82, 2.24) is 4.98 Å². The summed E-state index contributed by atoms with van der Waals surface area (Å²) in [6, 6.07) is 6.45. The fraction of sp³-hybridized carbons (Fsp3) is 0.188. The molecule has 2 heterocycles. The molecule has 2 aromatic rings. The van der Waals surface area contributed by atoms with E-state index in [1.807, 2.05) is 6.92 Å². The highest BCUT2D eigenvalue weighted by Crippen LogP contribution is 2.44. The van der Waals surface area contributed by atoms with E-state index in [2.05, 4.69) is 10.3 Å². The summed E-state index contributed by atoms with van der Waals surface area (Å²) < 4.78 is 25.5. The summed E-state index contributed by atoms with van der Waals surface area (Å²) in [6.07, 6.45) is 1.49. The van der Waals surface area contributed by atoms with Gasteiger partial charge in [-0.1, -0.05) is 29.3 Å². The standard InChI is InChI=1S/C16H14Cl2N2O3S/c1-2-19-11-6-5-10(17)12(13(11)18)16-15(21)14-9(4-3-7-20-14)8-24(16,22)23/h3-7,19,21H,2,8H2,1H3. The maximum Gasteiger partial charge on any atom is 0.187 e. The maximum absolute atomic E-state index is 12.7. The van der Waals surface area contributed by atoms with Gasteiger partial charge in [0.15, 0.2) is 15.6 Å². The first-order chi connectivity index (χ1) is 11.4. The summed E-state index contributed by atoms with van der Waals surface area (Å²) in [5, 5.41) is 13.9. The summed E-state index contributed by atoms with van der Waals surface area (Å²) in [7, 11) is -3.82. The molecule has 24 heavy (non-hydrogen) atoms. The van der Waals surface area contributed by atoms with Crippen molar-refractivity contribution in [2.75, 3.05) is 11.9 Å². The summed E-state index contributed by atoms with van der Waals surface area (Å²) in [6.45, 7) is 2.49. The van der Waals surface area contributed by atoms with E-state index in [-0.39, 0.29) is 32.0 Å². The van der Waals surface area contributed by atoms with Crippen LogP contribution < -0.4 is 5.32 Å². The molecule has 1 aromatic heterocycles. The number of fused-ring (bicyclic) bond motifs is 1. The van der Waals surface area contributed by atoms with Crippen molar-refractivity contribution in [3.8, 4) is 0 Å². The van der Waals surface area contributed by atoms with E-state index in [9.17, 15) is 13.5 Å². The number of hydrogen-bond acceptors (Lipinski definition) is 5. The Labute approximate surface area is 149 Å². The van der Waals surface area contributed by atoms with Crippen molar-refractivity contribution in [2.45, 2.75) is 12.7 Å². The van der Waals surface area contributed by atoms with Crippen molar-refractivity contribution in [3.63, 3.8) is 0 Å².